The monoisotopic (exact) mass is 473 g/mol. The highest BCUT2D eigenvalue weighted by atomic mass is 16.5. The van der Waals surface area contributed by atoms with Gasteiger partial charge in [0.25, 0.3) is 0 Å². The molecule has 6 heteroatoms. The first-order valence-electron chi connectivity index (χ1n) is 12.2. The largest absolute Gasteiger partial charge is 0.508 e. The summed E-state index contributed by atoms with van der Waals surface area (Å²) in [4.78, 5) is 28.3. The lowest BCUT2D eigenvalue weighted by molar-refractivity contribution is -0.122. The maximum atomic E-state index is 13.5. The predicted octanol–water partition coefficient (Wildman–Crippen LogP) is 4.74. The van der Waals surface area contributed by atoms with E-state index in [1.165, 1.54) is 10.5 Å². The van der Waals surface area contributed by atoms with E-state index < -0.39 is 0 Å². The average molecular weight is 474 g/mol. The Balaban J connectivity index is 1.37. The van der Waals surface area contributed by atoms with Crippen molar-refractivity contribution in [1.82, 2.24) is 0 Å². The third kappa shape index (κ3) is 4.44. The fourth-order valence-electron chi connectivity index (χ4n) is 5.94. The van der Waals surface area contributed by atoms with Crippen LogP contribution >= 0.6 is 0 Å². The molecule has 2 aliphatic heterocycles. The summed E-state index contributed by atoms with van der Waals surface area (Å²) >= 11 is 0. The van der Waals surface area contributed by atoms with Crippen LogP contribution in [0.2, 0.25) is 0 Å². The van der Waals surface area contributed by atoms with Crippen molar-refractivity contribution in [2.24, 2.45) is 17.8 Å². The number of nitrogens with zero attached hydrogens (tertiary/aromatic N) is 1. The molecule has 1 aliphatic carbocycles. The molecule has 0 aromatic heterocycles. The lowest BCUT2D eigenvalue weighted by Gasteiger charge is -2.31. The number of allylic oxidation sites excluding steroid dienone is 1. The number of methoxy groups -OCH3 is 1. The number of imide groups is 1. The molecule has 0 unspecified atom stereocenters. The van der Waals surface area contributed by atoms with Crippen LogP contribution in [0.3, 0.4) is 0 Å². The second-order valence-corrected chi connectivity index (χ2v) is 9.73. The Hall–Kier alpha value is -3.22. The number of amides is 2. The Morgan fingerprint density at radius 2 is 1.91 bits per heavy atom. The summed E-state index contributed by atoms with van der Waals surface area (Å²) in [5.74, 6) is -0.824. The molecule has 2 fully saturated rings. The molecule has 2 aromatic carbocycles. The summed E-state index contributed by atoms with van der Waals surface area (Å²) in [5, 5.41) is 9.72. The van der Waals surface area contributed by atoms with Crippen LogP contribution in [-0.2, 0) is 19.1 Å². The molecule has 2 amide bonds. The van der Waals surface area contributed by atoms with Crippen LogP contribution in [0.4, 0.5) is 5.69 Å². The van der Waals surface area contributed by atoms with Gasteiger partial charge in [-0.1, -0.05) is 42.0 Å². The SMILES string of the molecule is COCC1=C2[C@@H](CC/C(C)=C/c3cccc(O)c3)OC[C@@H]2[C@@H]2C(=O)N(c3ccccc3)C(=O)[C@@H]2C1. The summed E-state index contributed by atoms with van der Waals surface area (Å²) in [6, 6.07) is 16.4. The van der Waals surface area contributed by atoms with Gasteiger partial charge in [0.05, 0.1) is 36.8 Å². The van der Waals surface area contributed by atoms with Gasteiger partial charge in [0, 0.05) is 13.0 Å². The molecule has 0 bridgehead atoms. The molecule has 2 heterocycles. The molecule has 2 aromatic rings. The fourth-order valence-corrected chi connectivity index (χ4v) is 5.94. The van der Waals surface area contributed by atoms with E-state index in [9.17, 15) is 14.7 Å². The first kappa shape index (κ1) is 23.5. The Labute approximate surface area is 205 Å². The van der Waals surface area contributed by atoms with Crippen molar-refractivity contribution in [3.8, 4) is 5.75 Å². The van der Waals surface area contributed by atoms with E-state index in [4.69, 9.17) is 9.47 Å². The van der Waals surface area contributed by atoms with Gasteiger partial charge in [-0.05, 0) is 67.2 Å². The molecule has 35 heavy (non-hydrogen) atoms. The van der Waals surface area contributed by atoms with Crippen LogP contribution in [0, 0.1) is 17.8 Å². The van der Waals surface area contributed by atoms with Gasteiger partial charge in [0.15, 0.2) is 0 Å². The molecule has 2 saturated heterocycles. The zero-order valence-corrected chi connectivity index (χ0v) is 20.1. The van der Waals surface area contributed by atoms with Gasteiger partial charge in [-0.15, -0.1) is 0 Å². The minimum Gasteiger partial charge on any atom is -0.508 e. The number of fused-ring (bicyclic) bond motifs is 3. The predicted molar refractivity (Wildman–Crippen MR) is 134 cm³/mol. The van der Waals surface area contributed by atoms with Gasteiger partial charge in [0.2, 0.25) is 11.8 Å². The van der Waals surface area contributed by atoms with Gasteiger partial charge in [0.1, 0.15) is 5.75 Å². The second-order valence-electron chi connectivity index (χ2n) is 9.73. The molecule has 5 rings (SSSR count). The smallest absolute Gasteiger partial charge is 0.238 e. The number of ether oxygens (including phenoxy) is 2. The summed E-state index contributed by atoms with van der Waals surface area (Å²) < 4.78 is 11.8. The average Bonchev–Trinajstić information content (AvgIpc) is 3.37. The summed E-state index contributed by atoms with van der Waals surface area (Å²) in [6.07, 6.45) is 4.14. The van der Waals surface area contributed by atoms with Crippen LogP contribution in [0.5, 0.6) is 5.75 Å². The van der Waals surface area contributed by atoms with Crippen molar-refractivity contribution < 1.29 is 24.2 Å². The molecule has 4 atom stereocenters. The van der Waals surface area contributed by atoms with Gasteiger partial charge < -0.3 is 14.6 Å². The van der Waals surface area contributed by atoms with Gasteiger partial charge in [-0.2, -0.15) is 0 Å². The second kappa shape index (κ2) is 9.80. The minimum atomic E-state index is -0.382. The van der Waals surface area contributed by atoms with Crippen molar-refractivity contribution in [1.29, 1.82) is 0 Å². The Bertz CT molecular complexity index is 1180. The molecule has 0 saturated carbocycles. The third-order valence-corrected chi connectivity index (χ3v) is 7.43. The number of hydrogen-bond donors (Lipinski definition) is 1. The van der Waals surface area contributed by atoms with E-state index in [1.54, 1.807) is 19.2 Å². The maximum Gasteiger partial charge on any atom is 0.238 e. The van der Waals surface area contributed by atoms with E-state index in [-0.39, 0.29) is 41.4 Å². The number of carbonyl (C=O) groups is 2. The molecule has 1 N–H and O–H groups in total. The number of benzene rings is 2. The summed E-state index contributed by atoms with van der Waals surface area (Å²) in [7, 11) is 1.67. The van der Waals surface area contributed by atoms with E-state index in [1.807, 2.05) is 42.5 Å². The molecule has 182 valence electrons. The van der Waals surface area contributed by atoms with Crippen molar-refractivity contribution in [2.45, 2.75) is 32.3 Å². The minimum absolute atomic E-state index is 0.0905. The molecular formula is C29H31NO5. The Morgan fingerprint density at radius 3 is 2.66 bits per heavy atom. The normalized spacial score (nSPS) is 26.3. The summed E-state index contributed by atoms with van der Waals surface area (Å²) in [6.45, 7) is 2.97. The number of aromatic hydroxyl groups is 1. The van der Waals surface area contributed by atoms with Crippen molar-refractivity contribution >= 4 is 23.6 Å². The number of phenolic OH excluding ortho intramolecular Hbond substituents is 1. The molecule has 6 nitrogen and oxygen atoms in total. The number of carbonyl (C=O) groups excluding carboxylic acids is 2. The lowest BCUT2D eigenvalue weighted by atomic mass is 9.69. The van der Waals surface area contributed by atoms with Gasteiger partial charge in [-0.25, -0.2) is 0 Å². The maximum absolute atomic E-state index is 13.5. The highest BCUT2D eigenvalue weighted by molar-refractivity contribution is 6.22. The standard InChI is InChI=1S/C29H31NO5/c1-18(13-19-7-6-10-22(31)14-19)11-12-25-26-20(16-34-2)15-23-27(24(26)17-35-25)29(33)30(28(23)32)21-8-4-3-5-9-21/h3-10,13-14,23-25,27,31H,11-12,15-17H2,1-2H3/b18-13+/t23-,24+,25-,27-/m1/s1. The molecule has 0 radical (unpaired) electrons. The number of para-hydroxylation sites is 1. The van der Waals surface area contributed by atoms with Crippen LogP contribution in [-0.4, -0.2) is 43.3 Å². The first-order valence-corrected chi connectivity index (χ1v) is 12.2. The zero-order valence-electron chi connectivity index (χ0n) is 20.1. The zero-order chi connectivity index (χ0) is 24.5. The fraction of sp³-hybridized carbons (Fsp3) is 0.379. The van der Waals surface area contributed by atoms with Crippen molar-refractivity contribution in [2.75, 3.05) is 25.2 Å². The van der Waals surface area contributed by atoms with Gasteiger partial charge in [-0.3, -0.25) is 14.5 Å². The quantitative estimate of drug-likeness (QED) is 0.464. The highest BCUT2D eigenvalue weighted by Crippen LogP contribution is 2.50. The van der Waals surface area contributed by atoms with Crippen LogP contribution in [0.15, 0.2) is 71.3 Å². The highest BCUT2D eigenvalue weighted by Gasteiger charge is 2.57. The van der Waals surface area contributed by atoms with Crippen molar-refractivity contribution in [3.63, 3.8) is 0 Å². The third-order valence-electron chi connectivity index (χ3n) is 7.43. The van der Waals surface area contributed by atoms with E-state index in [2.05, 4.69) is 13.0 Å². The van der Waals surface area contributed by atoms with E-state index >= 15 is 0 Å². The number of phenols is 1. The lowest BCUT2D eigenvalue weighted by Crippen LogP contribution is -2.35. The van der Waals surface area contributed by atoms with E-state index in [0.29, 0.717) is 25.3 Å². The molecular weight excluding hydrogens is 442 g/mol. The number of anilines is 1. The Morgan fingerprint density at radius 1 is 1.11 bits per heavy atom. The van der Waals surface area contributed by atoms with Crippen LogP contribution in [0.1, 0.15) is 31.7 Å². The van der Waals surface area contributed by atoms with Crippen LogP contribution < -0.4 is 4.90 Å². The van der Waals surface area contributed by atoms with Crippen molar-refractivity contribution in [3.05, 3.63) is 76.9 Å². The van der Waals surface area contributed by atoms with Gasteiger partial charge >= 0.3 is 0 Å². The first-order chi connectivity index (χ1) is 17.0. The molecule has 0 spiro atoms. The number of hydrogen-bond acceptors (Lipinski definition) is 5. The van der Waals surface area contributed by atoms with E-state index in [0.717, 1.165) is 29.6 Å². The number of rotatable bonds is 7. The van der Waals surface area contributed by atoms with Crippen LogP contribution in [0.25, 0.3) is 6.08 Å². The Kier molecular flexibility index (Phi) is 6.58. The molecule has 3 aliphatic rings. The summed E-state index contributed by atoms with van der Waals surface area (Å²) in [5.41, 5.74) is 5.05. The topological polar surface area (TPSA) is 76.1 Å².